The summed E-state index contributed by atoms with van der Waals surface area (Å²) in [4.78, 5) is 37.0. The van der Waals surface area contributed by atoms with Gasteiger partial charge in [0.2, 0.25) is 5.91 Å². The molecule has 9 nitrogen and oxygen atoms in total. The van der Waals surface area contributed by atoms with Crippen molar-refractivity contribution >= 4 is 21.4 Å². The van der Waals surface area contributed by atoms with E-state index in [2.05, 4.69) is 5.32 Å². The van der Waals surface area contributed by atoms with Crippen molar-refractivity contribution in [3.8, 4) is 6.07 Å². The van der Waals surface area contributed by atoms with Gasteiger partial charge in [-0.05, 0) is 37.1 Å². The van der Waals surface area contributed by atoms with Gasteiger partial charge in [0.25, 0.3) is 5.56 Å². The molecule has 27 heavy (non-hydrogen) atoms. The average molecular weight is 388 g/mol. The fourth-order valence-corrected chi connectivity index (χ4v) is 3.21. The van der Waals surface area contributed by atoms with Crippen LogP contribution < -0.4 is 16.6 Å². The van der Waals surface area contributed by atoms with Gasteiger partial charge in [-0.1, -0.05) is 0 Å². The van der Waals surface area contributed by atoms with Gasteiger partial charge in [0.1, 0.15) is 18.2 Å². The van der Waals surface area contributed by atoms with E-state index in [1.165, 1.54) is 35.0 Å². The van der Waals surface area contributed by atoms with Crippen LogP contribution in [0.25, 0.3) is 0 Å². The molecule has 0 atom stereocenters. The van der Waals surface area contributed by atoms with Crippen molar-refractivity contribution in [3.63, 3.8) is 0 Å². The lowest BCUT2D eigenvalue weighted by molar-refractivity contribution is -0.116. The van der Waals surface area contributed by atoms with Gasteiger partial charge in [0.05, 0.1) is 4.90 Å². The molecule has 0 bridgehead atoms. The maximum absolute atomic E-state index is 12.5. The smallest absolute Gasteiger partial charge is 0.325 e. The van der Waals surface area contributed by atoms with Gasteiger partial charge < -0.3 is 5.32 Å². The number of anilines is 1. The molecule has 2 aromatic rings. The standard InChI is InChI=1S/C17H16N4O5S/c1-27(25,26)14-6-2-12(3-7-14)19-15(22)10-21-16(23)11(8-18)9-20(17(21)24)13-4-5-13/h2-3,6-7,9,13H,4-5,10H2,1H3,(H,19,22). The number of nitrogens with zero attached hydrogens (tertiary/aromatic N) is 3. The van der Waals surface area contributed by atoms with Gasteiger partial charge in [-0.2, -0.15) is 5.26 Å². The number of hydrogen-bond donors (Lipinski definition) is 1. The molecule has 1 fully saturated rings. The predicted octanol–water partition coefficient (Wildman–Crippen LogP) is 0.259. The first kappa shape index (κ1) is 18.6. The van der Waals surface area contributed by atoms with Crippen molar-refractivity contribution in [2.45, 2.75) is 30.3 Å². The van der Waals surface area contributed by atoms with E-state index in [0.717, 1.165) is 23.7 Å². The minimum absolute atomic E-state index is 0.0527. The average Bonchev–Trinajstić information content (AvgIpc) is 3.43. The number of benzene rings is 1. The summed E-state index contributed by atoms with van der Waals surface area (Å²) in [7, 11) is -3.36. The Morgan fingerprint density at radius 2 is 1.89 bits per heavy atom. The Bertz CT molecular complexity index is 1170. The van der Waals surface area contributed by atoms with Crippen LogP contribution in [0.1, 0.15) is 24.4 Å². The first-order valence-electron chi connectivity index (χ1n) is 8.07. The molecule has 1 aromatic heterocycles. The van der Waals surface area contributed by atoms with Gasteiger partial charge in [-0.25, -0.2) is 17.8 Å². The van der Waals surface area contributed by atoms with Crippen molar-refractivity contribution in [3.05, 3.63) is 56.9 Å². The van der Waals surface area contributed by atoms with Gasteiger partial charge in [-0.15, -0.1) is 0 Å². The molecule has 0 radical (unpaired) electrons. The fraction of sp³-hybridized carbons (Fsp3) is 0.294. The molecule has 3 rings (SSSR count). The number of carbonyl (C=O) groups excluding carboxylic acids is 1. The van der Waals surface area contributed by atoms with Crippen molar-refractivity contribution in [2.75, 3.05) is 11.6 Å². The summed E-state index contributed by atoms with van der Waals surface area (Å²) >= 11 is 0. The van der Waals surface area contributed by atoms with Crippen LogP contribution in [0.2, 0.25) is 0 Å². The zero-order valence-corrected chi connectivity index (χ0v) is 15.2. The molecule has 0 saturated heterocycles. The van der Waals surface area contributed by atoms with Crippen molar-refractivity contribution in [1.29, 1.82) is 5.26 Å². The number of nitriles is 1. The Morgan fingerprint density at radius 3 is 2.41 bits per heavy atom. The molecular weight excluding hydrogens is 372 g/mol. The molecule has 0 unspecified atom stereocenters. The quantitative estimate of drug-likeness (QED) is 0.782. The van der Waals surface area contributed by atoms with E-state index in [9.17, 15) is 22.8 Å². The predicted molar refractivity (Wildman–Crippen MR) is 96.1 cm³/mol. The summed E-state index contributed by atoms with van der Waals surface area (Å²) < 4.78 is 24.9. The number of carbonyl (C=O) groups is 1. The highest BCUT2D eigenvalue weighted by Gasteiger charge is 2.27. The number of rotatable bonds is 5. The number of sulfone groups is 1. The van der Waals surface area contributed by atoms with Crippen LogP contribution >= 0.6 is 0 Å². The van der Waals surface area contributed by atoms with E-state index >= 15 is 0 Å². The summed E-state index contributed by atoms with van der Waals surface area (Å²) in [6.07, 6.45) is 3.87. The van der Waals surface area contributed by atoms with Crippen LogP contribution in [0.3, 0.4) is 0 Å². The third-order valence-electron chi connectivity index (χ3n) is 4.12. The molecular formula is C17H16N4O5S. The Balaban J connectivity index is 1.84. The lowest BCUT2D eigenvalue weighted by atomic mass is 10.3. The largest absolute Gasteiger partial charge is 0.331 e. The zero-order valence-electron chi connectivity index (χ0n) is 14.4. The molecule has 1 amide bonds. The number of nitrogens with one attached hydrogen (secondary N) is 1. The summed E-state index contributed by atoms with van der Waals surface area (Å²) in [6, 6.07) is 7.19. The van der Waals surface area contributed by atoms with E-state index in [-0.39, 0.29) is 16.5 Å². The second kappa shape index (κ2) is 6.85. The van der Waals surface area contributed by atoms with Crippen molar-refractivity contribution in [1.82, 2.24) is 9.13 Å². The van der Waals surface area contributed by atoms with Gasteiger partial charge in [-0.3, -0.25) is 14.2 Å². The molecule has 0 aliphatic heterocycles. The van der Waals surface area contributed by atoms with Crippen molar-refractivity contribution in [2.24, 2.45) is 0 Å². The van der Waals surface area contributed by atoms with Crippen LogP contribution in [0.15, 0.2) is 44.9 Å². The maximum Gasteiger partial charge on any atom is 0.331 e. The highest BCUT2D eigenvalue weighted by molar-refractivity contribution is 7.90. The molecule has 1 heterocycles. The molecule has 1 aromatic carbocycles. The van der Waals surface area contributed by atoms with Crippen molar-refractivity contribution < 1.29 is 13.2 Å². The Morgan fingerprint density at radius 1 is 1.26 bits per heavy atom. The van der Waals surface area contributed by atoms with E-state index < -0.39 is 33.5 Å². The minimum atomic E-state index is -3.36. The molecule has 1 aliphatic rings. The van der Waals surface area contributed by atoms with Gasteiger partial charge in [0.15, 0.2) is 9.84 Å². The number of hydrogen-bond acceptors (Lipinski definition) is 6. The molecule has 0 spiro atoms. The topological polar surface area (TPSA) is 131 Å². The van der Waals surface area contributed by atoms with Gasteiger partial charge >= 0.3 is 5.69 Å². The molecule has 1 N–H and O–H groups in total. The Hall–Kier alpha value is -3.19. The second-order valence-corrected chi connectivity index (χ2v) is 8.33. The van der Waals surface area contributed by atoms with Crippen LogP contribution in [-0.2, 0) is 21.2 Å². The number of aromatic nitrogens is 2. The lowest BCUT2D eigenvalue weighted by Crippen LogP contribution is -2.43. The summed E-state index contributed by atoms with van der Waals surface area (Å²) in [6.45, 7) is -0.548. The highest BCUT2D eigenvalue weighted by Crippen LogP contribution is 2.33. The third kappa shape index (κ3) is 3.98. The third-order valence-corrected chi connectivity index (χ3v) is 5.25. The zero-order chi connectivity index (χ0) is 19.8. The molecule has 1 saturated carbocycles. The first-order chi connectivity index (χ1) is 12.7. The minimum Gasteiger partial charge on any atom is -0.325 e. The molecule has 1 aliphatic carbocycles. The normalized spacial score (nSPS) is 13.8. The lowest BCUT2D eigenvalue weighted by Gasteiger charge is -2.11. The molecule has 140 valence electrons. The summed E-state index contributed by atoms with van der Waals surface area (Å²) in [5, 5.41) is 11.6. The monoisotopic (exact) mass is 388 g/mol. The highest BCUT2D eigenvalue weighted by atomic mass is 32.2. The second-order valence-electron chi connectivity index (χ2n) is 6.31. The van der Waals surface area contributed by atoms with E-state index in [4.69, 9.17) is 5.26 Å². The van der Waals surface area contributed by atoms with E-state index in [1.54, 1.807) is 6.07 Å². The summed E-state index contributed by atoms with van der Waals surface area (Å²) in [5.74, 6) is -0.640. The first-order valence-corrected chi connectivity index (χ1v) is 9.96. The van der Waals surface area contributed by atoms with Gasteiger partial charge in [0, 0.05) is 24.2 Å². The van der Waals surface area contributed by atoms with Crippen LogP contribution in [0.5, 0.6) is 0 Å². The fourth-order valence-electron chi connectivity index (χ4n) is 2.58. The van der Waals surface area contributed by atoms with E-state index in [1.807, 2.05) is 0 Å². The summed E-state index contributed by atoms with van der Waals surface area (Å²) in [5.41, 5.74) is -1.34. The number of amides is 1. The van der Waals surface area contributed by atoms with Crippen LogP contribution in [-0.4, -0.2) is 29.7 Å². The Kier molecular flexibility index (Phi) is 4.72. The van der Waals surface area contributed by atoms with Crippen LogP contribution in [0.4, 0.5) is 5.69 Å². The Labute approximate surface area is 154 Å². The van der Waals surface area contributed by atoms with E-state index in [0.29, 0.717) is 5.69 Å². The SMILES string of the molecule is CS(=O)(=O)c1ccc(NC(=O)Cn2c(=O)c(C#N)cn(C3CC3)c2=O)cc1. The molecule has 10 heteroatoms. The van der Waals surface area contributed by atoms with Crippen LogP contribution in [0, 0.1) is 11.3 Å². The maximum atomic E-state index is 12.5.